The molecule has 7 heavy (non-hydrogen) atoms. The summed E-state index contributed by atoms with van der Waals surface area (Å²) < 4.78 is 0. The summed E-state index contributed by atoms with van der Waals surface area (Å²) in [7, 11) is 0. The molecule has 0 saturated carbocycles. The van der Waals surface area contributed by atoms with E-state index in [0.717, 1.165) is 0 Å². The van der Waals surface area contributed by atoms with E-state index in [1.165, 1.54) is 0 Å². The van der Waals surface area contributed by atoms with E-state index in [2.05, 4.69) is 0 Å². The average Bonchev–Trinajstić information content (AvgIpc) is 0. The second-order valence-electron chi connectivity index (χ2n) is 0. The van der Waals surface area contributed by atoms with Gasteiger partial charge in [0.05, 0.1) is 0 Å². The van der Waals surface area contributed by atoms with Gasteiger partial charge in [-0.2, -0.15) is 0 Å². The van der Waals surface area contributed by atoms with Crippen LogP contribution in [0.2, 0.25) is 0 Å². The molecule has 0 heterocycles. The summed E-state index contributed by atoms with van der Waals surface area (Å²) in [6, 6.07) is 0. The van der Waals surface area contributed by atoms with Gasteiger partial charge in [0.15, 0.2) is 0 Å². The van der Waals surface area contributed by atoms with Gasteiger partial charge in [-0.1, -0.05) is 0 Å². The molecule has 0 aliphatic rings. The topological polar surface area (TPSA) is 161 Å². The molecule has 0 rings (SSSR count). The van der Waals surface area contributed by atoms with Crippen LogP contribution < -0.4 is 35.7 Å². The first-order chi connectivity index (χ1) is 0. The monoisotopic (exact) mass is 139 g/mol. The maximum absolute atomic E-state index is 0. The van der Waals surface area contributed by atoms with Crippen molar-refractivity contribution in [2.24, 2.45) is 0 Å². The molecule has 0 aromatic carbocycles. The first kappa shape index (κ1) is 200. The largest absolute Gasteiger partial charge is 2.00 e. The zero-order valence-corrected chi connectivity index (χ0v) is 7.83. The van der Waals surface area contributed by atoms with Crippen LogP contribution >= 0.6 is 0 Å². The molecule has 0 unspecified atom stereocenters. The average molecular weight is 139 g/mol. The Morgan fingerprint density at radius 2 is 0.714 bits per heavy atom. The van der Waals surface area contributed by atoms with Crippen LogP contribution in [-0.2, 0) is 0 Å². The van der Waals surface area contributed by atoms with Gasteiger partial charge in [0.2, 0.25) is 0 Å². The molecule has 0 bridgehead atoms. The van der Waals surface area contributed by atoms with Crippen molar-refractivity contribution in [2.75, 3.05) is 0 Å². The predicted octanol–water partition coefficient (Wildman–Crippen LogP) is -6.18. The Bertz CT molecular complexity index is 20.5. The number of hydrogen-bond donors (Lipinski definition) is 1. The molecule has 0 aromatic rings. The Morgan fingerprint density at radius 3 is 0.714 bits per heavy atom. The maximum Gasteiger partial charge on any atom is 2.00 e. The van der Waals surface area contributed by atoms with E-state index in [-0.39, 0.29) is 84.9 Å². The van der Waals surface area contributed by atoms with E-state index in [9.17, 15) is 0 Å². The van der Waals surface area contributed by atoms with Crippen LogP contribution in [0.1, 0.15) is 4.28 Å². The molecular weight excluding hydrogens is 125 g/mol. The molecule has 11 N–H and O–H groups in total. The Kier molecular flexibility index (Phi) is 3800. The standard InChI is InChI=1S/Mg.H3N.Na.4H2O.3H/h;1H3;;4*1H2;;;/q+2;;+1;;;;;3*-1. The third-order valence-corrected chi connectivity index (χ3v) is 0. The van der Waals surface area contributed by atoms with Gasteiger partial charge in [0.1, 0.15) is 0 Å². The fourth-order valence-electron chi connectivity index (χ4n) is 0. The van der Waals surface area contributed by atoms with Crippen LogP contribution in [0, 0.1) is 0 Å². The van der Waals surface area contributed by atoms with Crippen LogP contribution in [0.5, 0.6) is 0 Å². The van der Waals surface area contributed by atoms with Crippen LogP contribution in [0.25, 0.3) is 0 Å². The fourth-order valence-corrected chi connectivity index (χ4v) is 0. The van der Waals surface area contributed by atoms with Crippen molar-refractivity contribution in [3.63, 3.8) is 0 Å². The van der Waals surface area contributed by atoms with E-state index in [1.807, 2.05) is 0 Å². The van der Waals surface area contributed by atoms with E-state index in [0.29, 0.717) is 0 Å². The molecular formula is H14MgNNaO4. The van der Waals surface area contributed by atoms with Gasteiger partial charge in [-0.25, -0.2) is 0 Å². The summed E-state index contributed by atoms with van der Waals surface area (Å²) in [5, 5.41) is 0. The molecule has 0 radical (unpaired) electrons. The molecule has 46 valence electrons. The molecule has 0 amide bonds. The van der Waals surface area contributed by atoms with Crippen molar-refractivity contribution in [1.82, 2.24) is 6.15 Å². The molecule has 0 aliphatic carbocycles. The third kappa shape index (κ3) is 95.6. The van der Waals surface area contributed by atoms with Crippen molar-refractivity contribution < 1.29 is 55.7 Å². The predicted molar refractivity (Wildman–Crippen MR) is 28.6 cm³/mol. The Labute approximate surface area is 84.6 Å². The molecule has 0 fully saturated rings. The molecule has 0 aromatic heterocycles. The summed E-state index contributed by atoms with van der Waals surface area (Å²) in [6.07, 6.45) is 0. The Morgan fingerprint density at radius 1 is 0.714 bits per heavy atom. The van der Waals surface area contributed by atoms with Gasteiger partial charge in [-0.05, 0) is 0 Å². The third-order valence-electron chi connectivity index (χ3n) is 0. The van der Waals surface area contributed by atoms with Gasteiger partial charge in [0, 0.05) is 0 Å². The minimum atomic E-state index is 0. The molecule has 0 aliphatic heterocycles. The summed E-state index contributed by atoms with van der Waals surface area (Å²) in [5.74, 6) is 0. The number of hydrogen-bond acceptors (Lipinski definition) is 1. The number of rotatable bonds is 0. The zero-order chi connectivity index (χ0) is 0. The van der Waals surface area contributed by atoms with E-state index in [4.69, 9.17) is 0 Å². The van der Waals surface area contributed by atoms with E-state index in [1.54, 1.807) is 0 Å². The van der Waals surface area contributed by atoms with Crippen molar-refractivity contribution in [3.05, 3.63) is 0 Å². The van der Waals surface area contributed by atoms with Gasteiger partial charge in [0.25, 0.3) is 0 Å². The summed E-state index contributed by atoms with van der Waals surface area (Å²) in [5.41, 5.74) is 0. The van der Waals surface area contributed by atoms with Crippen LogP contribution in [0.15, 0.2) is 0 Å². The fraction of sp³-hybridized carbons (Fsp3) is 0. The zero-order valence-electron chi connectivity index (χ0n) is 7.41. The van der Waals surface area contributed by atoms with Crippen LogP contribution in [0.3, 0.4) is 0 Å². The summed E-state index contributed by atoms with van der Waals surface area (Å²) in [6.45, 7) is 0. The Hall–Kier alpha value is 1.57. The van der Waals surface area contributed by atoms with Gasteiger partial charge in [-0.3, -0.25) is 0 Å². The first-order valence-electron chi connectivity index (χ1n) is 0. The normalized spacial score (nSPS) is 0. The molecule has 0 atom stereocenters. The van der Waals surface area contributed by atoms with Crippen LogP contribution in [0.4, 0.5) is 0 Å². The van der Waals surface area contributed by atoms with Crippen molar-refractivity contribution >= 4 is 23.1 Å². The second-order valence-corrected chi connectivity index (χ2v) is 0. The first-order valence-corrected chi connectivity index (χ1v) is 0. The Balaban J connectivity index is 0. The molecule has 5 nitrogen and oxygen atoms in total. The minimum absolute atomic E-state index is 0. The molecule has 7 heteroatoms. The van der Waals surface area contributed by atoms with Crippen molar-refractivity contribution in [3.8, 4) is 0 Å². The van der Waals surface area contributed by atoms with Gasteiger partial charge < -0.3 is 32.3 Å². The van der Waals surface area contributed by atoms with Crippen LogP contribution in [-0.4, -0.2) is 45.0 Å². The van der Waals surface area contributed by atoms with Gasteiger partial charge >= 0.3 is 52.6 Å². The van der Waals surface area contributed by atoms with E-state index < -0.39 is 0 Å². The SMILES string of the molecule is N.O.O.O.O.[H-].[H-].[H-].[Mg+2].[Na+]. The minimum Gasteiger partial charge on any atom is -1.00 e. The second kappa shape index (κ2) is 133. The van der Waals surface area contributed by atoms with E-state index >= 15 is 0 Å². The summed E-state index contributed by atoms with van der Waals surface area (Å²) in [4.78, 5) is 0. The van der Waals surface area contributed by atoms with Crippen molar-refractivity contribution in [2.45, 2.75) is 0 Å². The smallest absolute Gasteiger partial charge is 1.00 e. The summed E-state index contributed by atoms with van der Waals surface area (Å²) >= 11 is 0. The van der Waals surface area contributed by atoms with Gasteiger partial charge in [-0.15, -0.1) is 0 Å². The molecule has 0 spiro atoms. The quantitative estimate of drug-likeness (QED) is 0.325. The maximum atomic E-state index is 0. The molecule has 0 saturated heterocycles. The van der Waals surface area contributed by atoms with Crippen molar-refractivity contribution in [1.29, 1.82) is 0 Å².